The Morgan fingerprint density at radius 1 is 1.26 bits per heavy atom. The lowest BCUT2D eigenvalue weighted by Gasteiger charge is -2.16. The summed E-state index contributed by atoms with van der Waals surface area (Å²) >= 11 is 3.45. The van der Waals surface area contributed by atoms with Gasteiger partial charge in [-0.25, -0.2) is 0 Å². The highest BCUT2D eigenvalue weighted by molar-refractivity contribution is 9.10. The molecule has 2 unspecified atom stereocenters. The van der Waals surface area contributed by atoms with Crippen LogP contribution in [0.1, 0.15) is 39.0 Å². The van der Waals surface area contributed by atoms with E-state index in [-0.39, 0.29) is 0 Å². The summed E-state index contributed by atoms with van der Waals surface area (Å²) in [5.74, 6) is 1.84. The molecule has 0 spiro atoms. The topological polar surface area (TPSA) is 21.3 Å². The molecule has 1 N–H and O–H groups in total. The molecular formula is C16H24BrNO. The van der Waals surface area contributed by atoms with Gasteiger partial charge < -0.3 is 10.1 Å². The van der Waals surface area contributed by atoms with Gasteiger partial charge in [-0.05, 0) is 43.4 Å². The number of ether oxygens (including phenoxy) is 1. The zero-order chi connectivity index (χ0) is 13.5. The Labute approximate surface area is 125 Å². The lowest BCUT2D eigenvalue weighted by Crippen LogP contribution is -2.32. The summed E-state index contributed by atoms with van der Waals surface area (Å²) in [5, 5.41) is 3.63. The average molecular weight is 326 g/mol. The van der Waals surface area contributed by atoms with Crippen LogP contribution in [0.2, 0.25) is 0 Å². The molecule has 1 aromatic rings. The molecule has 0 amide bonds. The third-order valence-corrected chi connectivity index (χ3v) is 4.35. The quantitative estimate of drug-likeness (QED) is 0.640. The van der Waals surface area contributed by atoms with Crippen molar-refractivity contribution in [3.05, 3.63) is 28.7 Å². The van der Waals surface area contributed by atoms with E-state index >= 15 is 0 Å². The van der Waals surface area contributed by atoms with E-state index < -0.39 is 0 Å². The SMILES string of the molecule is CC1CCCC(NCCOc2cccc(Br)c2)CC1. The van der Waals surface area contributed by atoms with E-state index in [4.69, 9.17) is 4.74 Å². The van der Waals surface area contributed by atoms with Crippen LogP contribution in [0.25, 0.3) is 0 Å². The Kier molecular flexibility index (Phi) is 6.18. The number of benzene rings is 1. The molecule has 0 aliphatic heterocycles. The summed E-state index contributed by atoms with van der Waals surface area (Å²) in [6, 6.07) is 8.71. The van der Waals surface area contributed by atoms with Gasteiger partial charge in [-0.1, -0.05) is 41.8 Å². The van der Waals surface area contributed by atoms with Crippen molar-refractivity contribution in [2.24, 2.45) is 5.92 Å². The van der Waals surface area contributed by atoms with Crippen molar-refractivity contribution in [3.8, 4) is 5.75 Å². The molecule has 1 fully saturated rings. The minimum Gasteiger partial charge on any atom is -0.492 e. The highest BCUT2D eigenvalue weighted by Gasteiger charge is 2.15. The minimum atomic E-state index is 0.691. The molecule has 1 aliphatic rings. The van der Waals surface area contributed by atoms with Gasteiger partial charge >= 0.3 is 0 Å². The number of hydrogen-bond acceptors (Lipinski definition) is 2. The van der Waals surface area contributed by atoms with Crippen LogP contribution in [-0.4, -0.2) is 19.2 Å². The van der Waals surface area contributed by atoms with E-state index in [9.17, 15) is 0 Å². The third-order valence-electron chi connectivity index (χ3n) is 3.86. The van der Waals surface area contributed by atoms with Crippen molar-refractivity contribution in [1.29, 1.82) is 0 Å². The van der Waals surface area contributed by atoms with Crippen molar-refractivity contribution >= 4 is 15.9 Å². The van der Waals surface area contributed by atoms with E-state index in [1.807, 2.05) is 24.3 Å². The largest absolute Gasteiger partial charge is 0.492 e. The number of nitrogens with one attached hydrogen (secondary N) is 1. The van der Waals surface area contributed by atoms with E-state index in [1.165, 1.54) is 32.1 Å². The molecule has 2 atom stereocenters. The van der Waals surface area contributed by atoms with Crippen LogP contribution in [0, 0.1) is 5.92 Å². The van der Waals surface area contributed by atoms with Gasteiger partial charge in [0.1, 0.15) is 12.4 Å². The van der Waals surface area contributed by atoms with Gasteiger partial charge in [0, 0.05) is 17.1 Å². The lowest BCUT2D eigenvalue weighted by molar-refractivity contribution is 0.300. The predicted octanol–water partition coefficient (Wildman–Crippen LogP) is 4.39. The number of halogens is 1. The molecule has 2 rings (SSSR count). The van der Waals surface area contributed by atoms with Gasteiger partial charge in [0.15, 0.2) is 0 Å². The maximum absolute atomic E-state index is 5.74. The fraction of sp³-hybridized carbons (Fsp3) is 0.625. The molecule has 0 bridgehead atoms. The molecule has 2 nitrogen and oxygen atoms in total. The predicted molar refractivity (Wildman–Crippen MR) is 83.7 cm³/mol. The molecule has 3 heteroatoms. The zero-order valence-corrected chi connectivity index (χ0v) is 13.3. The Morgan fingerprint density at radius 3 is 3.00 bits per heavy atom. The summed E-state index contributed by atoms with van der Waals surface area (Å²) in [5.41, 5.74) is 0. The second-order valence-corrected chi connectivity index (χ2v) is 6.49. The van der Waals surface area contributed by atoms with Crippen molar-refractivity contribution in [3.63, 3.8) is 0 Å². The van der Waals surface area contributed by atoms with Crippen LogP contribution in [-0.2, 0) is 0 Å². The first-order valence-corrected chi connectivity index (χ1v) is 8.15. The van der Waals surface area contributed by atoms with Gasteiger partial charge in [0.2, 0.25) is 0 Å². The van der Waals surface area contributed by atoms with E-state index in [1.54, 1.807) is 0 Å². The Bertz CT molecular complexity index is 383. The highest BCUT2D eigenvalue weighted by atomic mass is 79.9. The molecule has 106 valence electrons. The molecule has 0 radical (unpaired) electrons. The van der Waals surface area contributed by atoms with Crippen LogP contribution >= 0.6 is 15.9 Å². The molecule has 0 saturated heterocycles. The maximum atomic E-state index is 5.74. The van der Waals surface area contributed by atoms with Crippen molar-refractivity contribution in [1.82, 2.24) is 5.32 Å². The first-order valence-electron chi connectivity index (χ1n) is 7.36. The number of rotatable bonds is 5. The summed E-state index contributed by atoms with van der Waals surface area (Å²) in [6.07, 6.45) is 6.77. The lowest BCUT2D eigenvalue weighted by atomic mass is 10.0. The average Bonchev–Trinajstić information content (AvgIpc) is 2.60. The van der Waals surface area contributed by atoms with Gasteiger partial charge in [-0.3, -0.25) is 0 Å². The molecule has 0 heterocycles. The summed E-state index contributed by atoms with van der Waals surface area (Å²) in [6.45, 7) is 4.05. The van der Waals surface area contributed by atoms with Gasteiger partial charge in [0.25, 0.3) is 0 Å². The molecule has 19 heavy (non-hydrogen) atoms. The molecule has 1 saturated carbocycles. The molecule has 1 aromatic carbocycles. The van der Waals surface area contributed by atoms with Crippen molar-refractivity contribution in [2.45, 2.75) is 45.1 Å². The second-order valence-electron chi connectivity index (χ2n) is 5.57. The standard InChI is InChI=1S/C16H24BrNO/c1-13-4-2-6-15(9-8-13)18-10-11-19-16-7-3-5-14(17)12-16/h3,5,7,12-13,15,18H,2,4,6,8-11H2,1H3. The fourth-order valence-corrected chi connectivity index (χ4v) is 3.06. The minimum absolute atomic E-state index is 0.691. The third kappa shape index (κ3) is 5.53. The Hall–Kier alpha value is -0.540. The monoisotopic (exact) mass is 325 g/mol. The summed E-state index contributed by atoms with van der Waals surface area (Å²) in [7, 11) is 0. The summed E-state index contributed by atoms with van der Waals surface area (Å²) < 4.78 is 6.80. The zero-order valence-electron chi connectivity index (χ0n) is 11.7. The Balaban J connectivity index is 1.64. The normalized spacial score (nSPS) is 23.9. The molecule has 1 aliphatic carbocycles. The fourth-order valence-electron chi connectivity index (χ4n) is 2.68. The van der Waals surface area contributed by atoms with Crippen LogP contribution in [0.4, 0.5) is 0 Å². The van der Waals surface area contributed by atoms with E-state index in [0.717, 1.165) is 29.3 Å². The maximum Gasteiger partial charge on any atom is 0.120 e. The van der Waals surface area contributed by atoms with Crippen molar-refractivity contribution in [2.75, 3.05) is 13.2 Å². The molecule has 0 aromatic heterocycles. The van der Waals surface area contributed by atoms with Gasteiger partial charge in [-0.15, -0.1) is 0 Å². The van der Waals surface area contributed by atoms with Crippen LogP contribution in [0.3, 0.4) is 0 Å². The molecular weight excluding hydrogens is 302 g/mol. The van der Waals surface area contributed by atoms with Crippen LogP contribution in [0.15, 0.2) is 28.7 Å². The van der Waals surface area contributed by atoms with Crippen LogP contribution in [0.5, 0.6) is 5.75 Å². The number of hydrogen-bond donors (Lipinski definition) is 1. The van der Waals surface area contributed by atoms with Gasteiger partial charge in [-0.2, -0.15) is 0 Å². The second kappa shape index (κ2) is 7.91. The first-order chi connectivity index (χ1) is 9.24. The van der Waals surface area contributed by atoms with E-state index in [2.05, 4.69) is 28.2 Å². The smallest absolute Gasteiger partial charge is 0.120 e. The van der Waals surface area contributed by atoms with Crippen molar-refractivity contribution < 1.29 is 4.74 Å². The van der Waals surface area contributed by atoms with E-state index in [0.29, 0.717) is 6.04 Å². The highest BCUT2D eigenvalue weighted by Crippen LogP contribution is 2.22. The summed E-state index contributed by atoms with van der Waals surface area (Å²) in [4.78, 5) is 0. The van der Waals surface area contributed by atoms with Gasteiger partial charge in [0.05, 0.1) is 0 Å². The Morgan fingerprint density at radius 2 is 2.16 bits per heavy atom. The van der Waals surface area contributed by atoms with Crippen LogP contribution < -0.4 is 10.1 Å². The first kappa shape index (κ1) is 14.9.